The molecule has 0 aliphatic carbocycles. The van der Waals surface area contributed by atoms with Crippen molar-refractivity contribution in [2.75, 3.05) is 13.1 Å². The second-order valence-electron chi connectivity index (χ2n) is 4.22. The molecule has 0 unspecified atom stereocenters. The molecule has 0 saturated heterocycles. The van der Waals surface area contributed by atoms with Gasteiger partial charge in [0.05, 0.1) is 4.92 Å². The first kappa shape index (κ1) is 15.4. The number of rotatable bonds is 6. The number of halogens is 1. The molecule has 0 fully saturated rings. The fraction of sp³-hybridized carbons (Fsp3) is 0.462. The van der Waals surface area contributed by atoms with Crippen LogP contribution in [0.2, 0.25) is 5.02 Å². The van der Waals surface area contributed by atoms with Crippen LogP contribution in [0.5, 0.6) is 0 Å². The molecule has 0 N–H and O–H groups in total. The number of nitro benzene ring substituents is 1. The van der Waals surface area contributed by atoms with Gasteiger partial charge in [-0.2, -0.15) is 0 Å². The molecular formula is C13H17ClN2O3. The van der Waals surface area contributed by atoms with Crippen molar-refractivity contribution in [2.24, 2.45) is 0 Å². The van der Waals surface area contributed by atoms with Crippen LogP contribution in [0, 0.1) is 10.1 Å². The Hall–Kier alpha value is -1.62. The number of amides is 1. The molecule has 19 heavy (non-hydrogen) atoms. The maximum Gasteiger partial charge on any atom is 0.288 e. The smallest absolute Gasteiger partial charge is 0.288 e. The van der Waals surface area contributed by atoms with Crippen molar-refractivity contribution in [1.29, 1.82) is 0 Å². The van der Waals surface area contributed by atoms with Crippen molar-refractivity contribution in [1.82, 2.24) is 4.90 Å². The quantitative estimate of drug-likeness (QED) is 0.593. The average Bonchev–Trinajstić information content (AvgIpc) is 2.38. The number of nitro groups is 1. The molecule has 1 aromatic rings. The highest BCUT2D eigenvalue weighted by Gasteiger charge is 2.19. The van der Waals surface area contributed by atoms with Gasteiger partial charge < -0.3 is 4.90 Å². The third kappa shape index (κ3) is 3.92. The Balaban J connectivity index is 3.04. The van der Waals surface area contributed by atoms with Gasteiger partial charge in [-0.3, -0.25) is 14.9 Å². The molecule has 0 aliphatic rings. The molecule has 5 nitrogen and oxygen atoms in total. The van der Waals surface area contributed by atoms with E-state index in [-0.39, 0.29) is 16.6 Å². The lowest BCUT2D eigenvalue weighted by Crippen LogP contribution is -2.32. The fourth-order valence-corrected chi connectivity index (χ4v) is 2.01. The zero-order valence-electron chi connectivity index (χ0n) is 11.1. The van der Waals surface area contributed by atoms with Gasteiger partial charge in [-0.1, -0.05) is 25.4 Å². The second kappa shape index (κ2) is 7.09. The Kier molecular flexibility index (Phi) is 5.76. The number of carbonyl (C=O) groups is 1. The Morgan fingerprint density at radius 1 is 1.32 bits per heavy atom. The van der Waals surface area contributed by atoms with Gasteiger partial charge in [-0.05, 0) is 25.0 Å². The molecule has 0 spiro atoms. The molecule has 0 aromatic heterocycles. The minimum Gasteiger partial charge on any atom is -0.339 e. The van der Waals surface area contributed by atoms with Gasteiger partial charge in [-0.15, -0.1) is 0 Å². The normalized spacial score (nSPS) is 10.3. The molecular weight excluding hydrogens is 268 g/mol. The van der Waals surface area contributed by atoms with Gasteiger partial charge in [-0.25, -0.2) is 0 Å². The van der Waals surface area contributed by atoms with Crippen molar-refractivity contribution in [3.8, 4) is 0 Å². The summed E-state index contributed by atoms with van der Waals surface area (Å²) in [6.45, 7) is 5.26. The van der Waals surface area contributed by atoms with Gasteiger partial charge in [0, 0.05) is 24.7 Å². The monoisotopic (exact) mass is 284 g/mol. The van der Waals surface area contributed by atoms with E-state index in [0.717, 1.165) is 12.8 Å². The molecule has 1 aromatic carbocycles. The van der Waals surface area contributed by atoms with E-state index in [0.29, 0.717) is 18.7 Å². The summed E-state index contributed by atoms with van der Waals surface area (Å²) >= 11 is 5.73. The van der Waals surface area contributed by atoms with Crippen molar-refractivity contribution in [2.45, 2.75) is 26.7 Å². The van der Waals surface area contributed by atoms with E-state index in [1.807, 2.05) is 13.8 Å². The molecule has 104 valence electrons. The molecule has 0 aliphatic heterocycles. The van der Waals surface area contributed by atoms with Crippen LogP contribution in [0.25, 0.3) is 0 Å². The van der Waals surface area contributed by atoms with Crippen LogP contribution in [0.15, 0.2) is 18.2 Å². The highest BCUT2D eigenvalue weighted by Crippen LogP contribution is 2.25. The van der Waals surface area contributed by atoms with Crippen LogP contribution in [-0.4, -0.2) is 28.8 Å². The first-order valence-corrected chi connectivity index (χ1v) is 6.62. The number of nitrogens with zero attached hydrogens (tertiary/aromatic N) is 2. The van der Waals surface area contributed by atoms with Crippen LogP contribution in [0.3, 0.4) is 0 Å². The number of hydrogen-bond acceptors (Lipinski definition) is 3. The van der Waals surface area contributed by atoms with Gasteiger partial charge in [0.2, 0.25) is 0 Å². The number of benzene rings is 1. The van der Waals surface area contributed by atoms with Gasteiger partial charge in [0.1, 0.15) is 5.02 Å². The van der Waals surface area contributed by atoms with E-state index in [1.54, 1.807) is 4.90 Å². The highest BCUT2D eigenvalue weighted by molar-refractivity contribution is 6.32. The molecule has 0 atom stereocenters. The van der Waals surface area contributed by atoms with Gasteiger partial charge in [0.15, 0.2) is 0 Å². The second-order valence-corrected chi connectivity index (χ2v) is 4.62. The van der Waals surface area contributed by atoms with Crippen LogP contribution in [0.1, 0.15) is 37.0 Å². The topological polar surface area (TPSA) is 63.5 Å². The Morgan fingerprint density at radius 3 is 2.37 bits per heavy atom. The molecule has 0 heterocycles. The summed E-state index contributed by atoms with van der Waals surface area (Å²) in [4.78, 5) is 24.2. The summed E-state index contributed by atoms with van der Waals surface area (Å²) in [7, 11) is 0. The molecule has 6 heteroatoms. The van der Waals surface area contributed by atoms with Crippen molar-refractivity contribution < 1.29 is 9.72 Å². The van der Waals surface area contributed by atoms with E-state index in [4.69, 9.17) is 11.6 Å². The molecule has 1 amide bonds. The van der Waals surface area contributed by atoms with Crippen LogP contribution >= 0.6 is 11.6 Å². The SMILES string of the molecule is CCCN(CCC)C(=O)c1ccc(Cl)c([N+](=O)[O-])c1. The van der Waals surface area contributed by atoms with Crippen molar-refractivity contribution in [3.05, 3.63) is 38.9 Å². The third-order valence-electron chi connectivity index (χ3n) is 2.66. The zero-order valence-corrected chi connectivity index (χ0v) is 11.8. The van der Waals surface area contributed by atoms with Crippen LogP contribution < -0.4 is 0 Å². The minimum atomic E-state index is -0.580. The fourth-order valence-electron chi connectivity index (χ4n) is 1.82. The van der Waals surface area contributed by atoms with E-state index >= 15 is 0 Å². The predicted molar refractivity (Wildman–Crippen MR) is 74.6 cm³/mol. The van der Waals surface area contributed by atoms with E-state index < -0.39 is 4.92 Å². The summed E-state index contributed by atoms with van der Waals surface area (Å²) in [5, 5.41) is 10.9. The van der Waals surface area contributed by atoms with Gasteiger partial charge in [0.25, 0.3) is 11.6 Å². The highest BCUT2D eigenvalue weighted by atomic mass is 35.5. The first-order chi connectivity index (χ1) is 9.01. The largest absolute Gasteiger partial charge is 0.339 e. The van der Waals surface area contributed by atoms with Crippen molar-refractivity contribution >= 4 is 23.2 Å². The number of hydrogen-bond donors (Lipinski definition) is 0. The molecule has 0 bridgehead atoms. The summed E-state index contributed by atoms with van der Waals surface area (Å²) < 4.78 is 0. The first-order valence-electron chi connectivity index (χ1n) is 6.24. The zero-order chi connectivity index (χ0) is 14.4. The average molecular weight is 285 g/mol. The van der Waals surface area contributed by atoms with Gasteiger partial charge >= 0.3 is 0 Å². The molecule has 1 rings (SSSR count). The summed E-state index contributed by atoms with van der Waals surface area (Å²) in [5.74, 6) is -0.191. The lowest BCUT2D eigenvalue weighted by molar-refractivity contribution is -0.384. The van der Waals surface area contributed by atoms with E-state index in [2.05, 4.69) is 0 Å². The van der Waals surface area contributed by atoms with Crippen molar-refractivity contribution in [3.63, 3.8) is 0 Å². The molecule has 0 saturated carbocycles. The standard InChI is InChI=1S/C13H17ClN2O3/c1-3-7-15(8-4-2)13(17)10-5-6-11(14)12(9-10)16(18)19/h5-6,9H,3-4,7-8H2,1-2H3. The van der Waals surface area contributed by atoms with Crippen LogP contribution in [0.4, 0.5) is 5.69 Å². The summed E-state index contributed by atoms with van der Waals surface area (Å²) in [5.41, 5.74) is 0.0680. The minimum absolute atomic E-state index is 0.0408. The molecule has 0 radical (unpaired) electrons. The van der Waals surface area contributed by atoms with Crippen LogP contribution in [-0.2, 0) is 0 Å². The Labute approximate surface area is 117 Å². The Bertz CT molecular complexity index is 471. The number of carbonyl (C=O) groups excluding carboxylic acids is 1. The van der Waals surface area contributed by atoms with E-state index in [9.17, 15) is 14.9 Å². The maximum absolute atomic E-state index is 12.3. The lowest BCUT2D eigenvalue weighted by Gasteiger charge is -2.21. The maximum atomic E-state index is 12.3. The Morgan fingerprint density at radius 2 is 1.89 bits per heavy atom. The van der Waals surface area contributed by atoms with E-state index in [1.165, 1.54) is 18.2 Å². The lowest BCUT2D eigenvalue weighted by atomic mass is 10.1. The summed E-state index contributed by atoms with van der Waals surface area (Å²) in [6, 6.07) is 4.15. The summed E-state index contributed by atoms with van der Waals surface area (Å²) in [6.07, 6.45) is 1.70. The predicted octanol–water partition coefficient (Wildman–Crippen LogP) is 3.51. The third-order valence-corrected chi connectivity index (χ3v) is 2.98.